The number of piperazine rings is 1. The Morgan fingerprint density at radius 1 is 1.21 bits per heavy atom. The largest absolute Gasteiger partial charge is 0.381 e. The first kappa shape index (κ1) is 13.1. The fourth-order valence-corrected chi connectivity index (χ4v) is 3.57. The Hall–Kier alpha value is -0.900. The molecule has 19 heavy (non-hydrogen) atoms. The van der Waals surface area contributed by atoms with Crippen LogP contribution in [0.3, 0.4) is 0 Å². The van der Waals surface area contributed by atoms with E-state index in [0.717, 1.165) is 19.6 Å². The summed E-state index contributed by atoms with van der Waals surface area (Å²) in [7, 11) is 1.85. The van der Waals surface area contributed by atoms with Gasteiger partial charge in [0.1, 0.15) is 0 Å². The van der Waals surface area contributed by atoms with Crippen LogP contribution in [0.15, 0.2) is 30.3 Å². The summed E-state index contributed by atoms with van der Waals surface area (Å²) in [6, 6.07) is 12.1. The van der Waals surface area contributed by atoms with E-state index < -0.39 is 0 Å². The molecule has 0 radical (unpaired) electrons. The van der Waals surface area contributed by atoms with Gasteiger partial charge >= 0.3 is 0 Å². The van der Waals surface area contributed by atoms with Crippen molar-refractivity contribution in [2.45, 2.75) is 37.5 Å². The van der Waals surface area contributed by atoms with Crippen LogP contribution in [0.1, 0.15) is 30.9 Å². The average Bonchev–Trinajstić information content (AvgIpc) is 2.97. The number of nitrogens with zero attached hydrogens (tertiary/aromatic N) is 1. The number of rotatable bonds is 3. The third-order valence-corrected chi connectivity index (χ3v) is 4.63. The maximum absolute atomic E-state index is 5.53. The predicted octanol–water partition coefficient (Wildman–Crippen LogP) is 2.20. The normalized spacial score (nSPS) is 32.6. The fraction of sp³-hybridized carbons (Fsp3) is 0.625. The zero-order valence-corrected chi connectivity index (χ0v) is 11.7. The molecule has 1 saturated carbocycles. The van der Waals surface area contributed by atoms with E-state index in [1.54, 1.807) is 0 Å². The molecule has 104 valence electrons. The van der Waals surface area contributed by atoms with E-state index in [9.17, 15) is 0 Å². The lowest BCUT2D eigenvalue weighted by atomic mass is 10.0. The van der Waals surface area contributed by atoms with Crippen LogP contribution in [-0.2, 0) is 4.74 Å². The van der Waals surface area contributed by atoms with Crippen LogP contribution in [-0.4, -0.2) is 43.8 Å². The van der Waals surface area contributed by atoms with Crippen LogP contribution in [0.25, 0.3) is 0 Å². The van der Waals surface area contributed by atoms with Crippen molar-refractivity contribution in [2.75, 3.05) is 26.7 Å². The highest BCUT2D eigenvalue weighted by molar-refractivity contribution is 5.20. The van der Waals surface area contributed by atoms with Gasteiger partial charge in [-0.1, -0.05) is 30.3 Å². The Kier molecular flexibility index (Phi) is 4.16. The molecule has 0 spiro atoms. The van der Waals surface area contributed by atoms with Crippen molar-refractivity contribution in [3.63, 3.8) is 0 Å². The molecule has 3 atom stereocenters. The van der Waals surface area contributed by atoms with Crippen LogP contribution in [0.2, 0.25) is 0 Å². The van der Waals surface area contributed by atoms with Gasteiger partial charge < -0.3 is 10.1 Å². The Balaban J connectivity index is 1.74. The van der Waals surface area contributed by atoms with E-state index in [4.69, 9.17) is 4.74 Å². The summed E-state index contributed by atoms with van der Waals surface area (Å²) in [6.07, 6.45) is 4.16. The van der Waals surface area contributed by atoms with E-state index in [1.165, 1.54) is 24.8 Å². The Morgan fingerprint density at radius 2 is 2.05 bits per heavy atom. The van der Waals surface area contributed by atoms with Crippen LogP contribution in [0, 0.1) is 0 Å². The van der Waals surface area contributed by atoms with Gasteiger partial charge in [0.15, 0.2) is 0 Å². The predicted molar refractivity (Wildman–Crippen MR) is 77.2 cm³/mol. The van der Waals surface area contributed by atoms with Gasteiger partial charge in [0.2, 0.25) is 0 Å². The molecule has 1 aliphatic carbocycles. The molecule has 1 aliphatic heterocycles. The zero-order valence-electron chi connectivity index (χ0n) is 11.7. The van der Waals surface area contributed by atoms with E-state index in [0.29, 0.717) is 18.2 Å². The minimum Gasteiger partial charge on any atom is -0.381 e. The Labute approximate surface area is 115 Å². The summed E-state index contributed by atoms with van der Waals surface area (Å²) >= 11 is 0. The molecular formula is C16H24N2O. The molecule has 1 aromatic rings. The summed E-state index contributed by atoms with van der Waals surface area (Å²) in [5, 5.41) is 3.54. The maximum atomic E-state index is 5.53. The smallest absolute Gasteiger partial charge is 0.0586 e. The summed E-state index contributed by atoms with van der Waals surface area (Å²) in [6.45, 7) is 3.33. The topological polar surface area (TPSA) is 24.5 Å². The molecule has 0 aromatic heterocycles. The molecule has 2 aliphatic rings. The molecule has 1 saturated heterocycles. The fourth-order valence-electron chi connectivity index (χ4n) is 3.57. The number of methoxy groups -OCH3 is 1. The van der Waals surface area contributed by atoms with Gasteiger partial charge in [-0.05, 0) is 24.8 Å². The monoisotopic (exact) mass is 260 g/mol. The lowest BCUT2D eigenvalue weighted by molar-refractivity contribution is 0.0756. The standard InChI is InChI=1S/C16H24N2O/c1-19-15-8-7-14(11-15)18-10-9-17-12-16(18)13-5-3-2-4-6-13/h2-6,14-17H,7-12H2,1H3. The van der Waals surface area contributed by atoms with Crippen molar-refractivity contribution in [1.29, 1.82) is 0 Å². The highest BCUT2D eigenvalue weighted by atomic mass is 16.5. The second kappa shape index (κ2) is 6.04. The molecule has 1 heterocycles. The van der Waals surface area contributed by atoms with E-state index in [2.05, 4.69) is 40.5 Å². The summed E-state index contributed by atoms with van der Waals surface area (Å²) < 4.78 is 5.53. The van der Waals surface area contributed by atoms with Gasteiger partial charge in [-0.3, -0.25) is 4.90 Å². The van der Waals surface area contributed by atoms with Crippen molar-refractivity contribution in [3.8, 4) is 0 Å². The van der Waals surface area contributed by atoms with Gasteiger partial charge in [0.25, 0.3) is 0 Å². The summed E-state index contributed by atoms with van der Waals surface area (Å²) in [4.78, 5) is 2.70. The molecular weight excluding hydrogens is 236 g/mol. The number of hydrogen-bond donors (Lipinski definition) is 1. The number of nitrogens with one attached hydrogen (secondary N) is 1. The Bertz CT molecular complexity index is 395. The van der Waals surface area contributed by atoms with Crippen molar-refractivity contribution in [3.05, 3.63) is 35.9 Å². The molecule has 0 bridgehead atoms. The summed E-state index contributed by atoms with van der Waals surface area (Å²) in [5.74, 6) is 0. The average molecular weight is 260 g/mol. The number of benzene rings is 1. The van der Waals surface area contributed by atoms with E-state index in [-0.39, 0.29) is 0 Å². The van der Waals surface area contributed by atoms with Gasteiger partial charge in [-0.15, -0.1) is 0 Å². The van der Waals surface area contributed by atoms with Crippen LogP contribution in [0.4, 0.5) is 0 Å². The zero-order chi connectivity index (χ0) is 13.1. The van der Waals surface area contributed by atoms with Gasteiger partial charge in [-0.25, -0.2) is 0 Å². The second-order valence-electron chi connectivity index (χ2n) is 5.69. The second-order valence-corrected chi connectivity index (χ2v) is 5.69. The minimum absolute atomic E-state index is 0.469. The molecule has 0 amide bonds. The van der Waals surface area contributed by atoms with E-state index in [1.807, 2.05) is 7.11 Å². The highest BCUT2D eigenvalue weighted by Crippen LogP contribution is 2.32. The van der Waals surface area contributed by atoms with Gasteiger partial charge in [-0.2, -0.15) is 0 Å². The first-order valence-corrected chi connectivity index (χ1v) is 7.42. The van der Waals surface area contributed by atoms with Gasteiger partial charge in [0, 0.05) is 38.8 Å². The van der Waals surface area contributed by atoms with E-state index >= 15 is 0 Å². The van der Waals surface area contributed by atoms with Crippen LogP contribution < -0.4 is 5.32 Å². The molecule has 1 N–H and O–H groups in total. The molecule has 3 nitrogen and oxygen atoms in total. The molecule has 1 aromatic carbocycles. The maximum Gasteiger partial charge on any atom is 0.0586 e. The van der Waals surface area contributed by atoms with Crippen molar-refractivity contribution in [2.24, 2.45) is 0 Å². The van der Waals surface area contributed by atoms with Crippen LogP contribution >= 0.6 is 0 Å². The minimum atomic E-state index is 0.469. The quantitative estimate of drug-likeness (QED) is 0.901. The molecule has 3 rings (SSSR count). The highest BCUT2D eigenvalue weighted by Gasteiger charge is 2.34. The van der Waals surface area contributed by atoms with Crippen molar-refractivity contribution >= 4 is 0 Å². The molecule has 2 fully saturated rings. The lowest BCUT2D eigenvalue weighted by Gasteiger charge is -2.40. The molecule has 3 unspecified atom stereocenters. The SMILES string of the molecule is COC1CCC(N2CCNCC2c2ccccc2)C1. The number of ether oxygens (including phenoxy) is 1. The first-order valence-electron chi connectivity index (χ1n) is 7.42. The summed E-state index contributed by atoms with van der Waals surface area (Å²) in [5.41, 5.74) is 1.44. The first-order chi connectivity index (χ1) is 9.38. The third kappa shape index (κ3) is 2.83. The molecule has 3 heteroatoms. The van der Waals surface area contributed by atoms with Crippen molar-refractivity contribution in [1.82, 2.24) is 10.2 Å². The van der Waals surface area contributed by atoms with Crippen LogP contribution in [0.5, 0.6) is 0 Å². The number of hydrogen-bond acceptors (Lipinski definition) is 3. The third-order valence-electron chi connectivity index (χ3n) is 4.63. The Morgan fingerprint density at radius 3 is 2.79 bits per heavy atom. The lowest BCUT2D eigenvalue weighted by Crippen LogP contribution is -2.49. The van der Waals surface area contributed by atoms with Gasteiger partial charge in [0.05, 0.1) is 6.10 Å². The van der Waals surface area contributed by atoms with Crippen molar-refractivity contribution < 1.29 is 4.74 Å².